The summed E-state index contributed by atoms with van der Waals surface area (Å²) >= 11 is 1.54. The molecule has 2 nitrogen and oxygen atoms in total. The lowest BCUT2D eigenvalue weighted by Gasteiger charge is -2.12. The zero-order valence-electron chi connectivity index (χ0n) is 6.90. The Labute approximate surface area is 76.1 Å². The molecule has 12 heavy (non-hydrogen) atoms. The molecule has 64 valence electrons. The van der Waals surface area contributed by atoms with Crippen molar-refractivity contribution in [2.24, 2.45) is 5.92 Å². The van der Waals surface area contributed by atoms with Crippen LogP contribution in [0.2, 0.25) is 0 Å². The second-order valence-corrected chi connectivity index (χ2v) is 3.43. The van der Waals surface area contributed by atoms with E-state index < -0.39 is 6.10 Å². The van der Waals surface area contributed by atoms with Crippen LogP contribution < -0.4 is 0 Å². The molecule has 1 N–H and O–H groups in total. The van der Waals surface area contributed by atoms with Gasteiger partial charge in [0.2, 0.25) is 0 Å². The third kappa shape index (κ3) is 1.84. The van der Waals surface area contributed by atoms with Crippen LogP contribution in [0.4, 0.5) is 0 Å². The van der Waals surface area contributed by atoms with E-state index in [0.29, 0.717) is 6.42 Å². The third-order valence-corrected chi connectivity index (χ3v) is 2.57. The molecule has 0 aliphatic rings. The molecule has 0 aromatic carbocycles. The highest BCUT2D eigenvalue weighted by molar-refractivity contribution is 7.07. The highest BCUT2D eigenvalue weighted by Crippen LogP contribution is 2.25. The van der Waals surface area contributed by atoms with Crippen LogP contribution in [0.25, 0.3) is 0 Å². The fourth-order valence-electron chi connectivity index (χ4n) is 1.06. The largest absolute Gasteiger partial charge is 0.387 e. The van der Waals surface area contributed by atoms with Gasteiger partial charge in [-0.15, -0.1) is 0 Å². The smallest absolute Gasteiger partial charge is 0.0956 e. The minimum Gasteiger partial charge on any atom is -0.387 e. The Morgan fingerprint density at radius 1 is 1.75 bits per heavy atom. The summed E-state index contributed by atoms with van der Waals surface area (Å²) < 4.78 is 0. The predicted molar refractivity (Wildman–Crippen MR) is 48.7 cm³/mol. The first-order valence-corrected chi connectivity index (χ1v) is 4.83. The van der Waals surface area contributed by atoms with Gasteiger partial charge in [-0.3, -0.25) is 0 Å². The number of hydrogen-bond donors (Lipinski definition) is 1. The highest BCUT2D eigenvalue weighted by atomic mass is 32.1. The lowest BCUT2D eigenvalue weighted by atomic mass is 9.97. The van der Waals surface area contributed by atoms with E-state index in [1.54, 1.807) is 0 Å². The summed E-state index contributed by atoms with van der Waals surface area (Å²) in [7, 11) is 0. The fraction of sp³-hybridized carbons (Fsp3) is 0.444. The van der Waals surface area contributed by atoms with Crippen molar-refractivity contribution in [1.82, 2.24) is 0 Å². The Kier molecular flexibility index (Phi) is 3.27. The van der Waals surface area contributed by atoms with Crippen LogP contribution >= 0.6 is 11.3 Å². The molecular weight excluding hydrogens is 170 g/mol. The van der Waals surface area contributed by atoms with Crippen LogP contribution in [-0.2, 0) is 0 Å². The predicted octanol–water partition coefficient (Wildman–Crippen LogP) is 2.33. The Balaban J connectivity index is 2.71. The molecule has 0 bridgehead atoms. The number of thiophene rings is 1. The second kappa shape index (κ2) is 4.24. The van der Waals surface area contributed by atoms with Crippen LogP contribution in [0, 0.1) is 17.2 Å². The molecule has 0 saturated carbocycles. The number of nitrogens with zero attached hydrogens (tertiary/aromatic N) is 1. The van der Waals surface area contributed by atoms with Gasteiger partial charge in [-0.2, -0.15) is 16.6 Å². The maximum Gasteiger partial charge on any atom is 0.0956 e. The maximum absolute atomic E-state index is 9.65. The molecule has 0 radical (unpaired) electrons. The Morgan fingerprint density at radius 2 is 2.50 bits per heavy atom. The Hall–Kier alpha value is -0.850. The van der Waals surface area contributed by atoms with E-state index in [1.807, 2.05) is 23.8 Å². The number of aliphatic hydroxyl groups excluding tert-OH is 1. The summed E-state index contributed by atoms with van der Waals surface area (Å²) in [4.78, 5) is 0. The zero-order chi connectivity index (χ0) is 8.97. The van der Waals surface area contributed by atoms with Crippen LogP contribution in [0.5, 0.6) is 0 Å². The van der Waals surface area contributed by atoms with Crippen molar-refractivity contribution in [3.05, 3.63) is 22.4 Å². The summed E-state index contributed by atoms with van der Waals surface area (Å²) in [5.74, 6) is -0.278. The summed E-state index contributed by atoms with van der Waals surface area (Å²) in [6.07, 6.45) is 0.0688. The Bertz CT molecular complexity index is 263. The third-order valence-electron chi connectivity index (χ3n) is 1.87. The number of rotatable bonds is 3. The molecule has 1 rings (SSSR count). The van der Waals surface area contributed by atoms with Gasteiger partial charge in [0.1, 0.15) is 0 Å². The molecule has 2 atom stereocenters. The molecule has 2 unspecified atom stereocenters. The molecular formula is C9H11NOS. The number of aliphatic hydroxyl groups is 1. The highest BCUT2D eigenvalue weighted by Gasteiger charge is 2.18. The van der Waals surface area contributed by atoms with Crippen molar-refractivity contribution in [3.63, 3.8) is 0 Å². The molecule has 1 aromatic heterocycles. The monoisotopic (exact) mass is 181 g/mol. The first-order valence-electron chi connectivity index (χ1n) is 3.89. The van der Waals surface area contributed by atoms with Crippen molar-refractivity contribution in [2.45, 2.75) is 19.4 Å². The lowest BCUT2D eigenvalue weighted by Crippen LogP contribution is -2.08. The first-order chi connectivity index (χ1) is 5.79. The quantitative estimate of drug-likeness (QED) is 0.777. The molecule has 0 aliphatic heterocycles. The fourth-order valence-corrected chi connectivity index (χ4v) is 1.75. The summed E-state index contributed by atoms with van der Waals surface area (Å²) in [6, 6.07) is 3.95. The lowest BCUT2D eigenvalue weighted by molar-refractivity contribution is 0.133. The van der Waals surface area contributed by atoms with Gasteiger partial charge in [-0.25, -0.2) is 0 Å². The minimum atomic E-state index is -0.619. The van der Waals surface area contributed by atoms with Gasteiger partial charge in [0.25, 0.3) is 0 Å². The van der Waals surface area contributed by atoms with E-state index in [0.717, 1.165) is 5.56 Å². The SMILES string of the molecule is CCC(C#N)C(O)c1ccsc1. The molecule has 1 heterocycles. The second-order valence-electron chi connectivity index (χ2n) is 2.65. The van der Waals surface area contributed by atoms with Crippen molar-refractivity contribution in [3.8, 4) is 6.07 Å². The standard InChI is InChI=1S/C9H11NOS/c1-2-7(5-10)9(11)8-3-4-12-6-8/h3-4,6-7,9,11H,2H2,1H3. The maximum atomic E-state index is 9.65. The zero-order valence-corrected chi connectivity index (χ0v) is 7.71. The molecule has 0 aliphatic carbocycles. The molecule has 0 amide bonds. The number of hydrogen-bond acceptors (Lipinski definition) is 3. The number of nitriles is 1. The van der Waals surface area contributed by atoms with Gasteiger partial charge in [-0.1, -0.05) is 6.92 Å². The summed E-state index contributed by atoms with van der Waals surface area (Å²) in [5.41, 5.74) is 0.855. The van der Waals surface area contributed by atoms with Gasteiger partial charge in [0.15, 0.2) is 0 Å². The Morgan fingerprint density at radius 3 is 2.92 bits per heavy atom. The van der Waals surface area contributed by atoms with Gasteiger partial charge < -0.3 is 5.11 Å². The summed E-state index contributed by atoms with van der Waals surface area (Å²) in [5, 5.41) is 22.1. The van der Waals surface area contributed by atoms with E-state index in [-0.39, 0.29) is 5.92 Å². The van der Waals surface area contributed by atoms with Crippen LogP contribution in [0.15, 0.2) is 16.8 Å². The first kappa shape index (κ1) is 9.24. The average Bonchev–Trinajstić information content (AvgIpc) is 2.58. The minimum absolute atomic E-state index is 0.278. The van der Waals surface area contributed by atoms with Gasteiger partial charge >= 0.3 is 0 Å². The van der Waals surface area contributed by atoms with E-state index in [1.165, 1.54) is 11.3 Å². The van der Waals surface area contributed by atoms with Gasteiger partial charge in [-0.05, 0) is 28.8 Å². The molecule has 0 saturated heterocycles. The topological polar surface area (TPSA) is 44.0 Å². The van der Waals surface area contributed by atoms with E-state index in [9.17, 15) is 5.11 Å². The van der Waals surface area contributed by atoms with E-state index in [4.69, 9.17) is 5.26 Å². The van der Waals surface area contributed by atoms with E-state index >= 15 is 0 Å². The van der Waals surface area contributed by atoms with Gasteiger partial charge in [0, 0.05) is 0 Å². The molecule has 3 heteroatoms. The van der Waals surface area contributed by atoms with Crippen LogP contribution in [0.1, 0.15) is 25.0 Å². The van der Waals surface area contributed by atoms with Gasteiger partial charge in [0.05, 0.1) is 18.1 Å². The van der Waals surface area contributed by atoms with E-state index in [2.05, 4.69) is 6.07 Å². The van der Waals surface area contributed by atoms with Crippen molar-refractivity contribution >= 4 is 11.3 Å². The normalized spacial score (nSPS) is 15.1. The van der Waals surface area contributed by atoms with Crippen molar-refractivity contribution < 1.29 is 5.11 Å². The van der Waals surface area contributed by atoms with Crippen molar-refractivity contribution in [1.29, 1.82) is 5.26 Å². The van der Waals surface area contributed by atoms with Crippen LogP contribution in [-0.4, -0.2) is 5.11 Å². The van der Waals surface area contributed by atoms with Crippen LogP contribution in [0.3, 0.4) is 0 Å². The van der Waals surface area contributed by atoms with Crippen molar-refractivity contribution in [2.75, 3.05) is 0 Å². The molecule has 0 spiro atoms. The molecule has 0 fully saturated rings. The average molecular weight is 181 g/mol. The summed E-state index contributed by atoms with van der Waals surface area (Å²) in [6.45, 7) is 1.91. The molecule has 1 aromatic rings.